The third-order valence-corrected chi connectivity index (χ3v) is 2.61. The molecule has 0 bridgehead atoms. The Labute approximate surface area is 131 Å². The van der Waals surface area contributed by atoms with Crippen LogP contribution in [-0.2, 0) is 14.3 Å². The van der Waals surface area contributed by atoms with E-state index in [1.807, 2.05) is 0 Å². The topological polar surface area (TPSA) is 65.0 Å². The molecule has 1 aromatic carbocycles. The Morgan fingerprint density at radius 3 is 2.35 bits per heavy atom. The van der Waals surface area contributed by atoms with Crippen LogP contribution in [0.4, 0.5) is 18.0 Å². The van der Waals surface area contributed by atoms with E-state index in [9.17, 15) is 22.8 Å². The number of hydrogen-bond acceptors (Lipinski definition) is 4. The lowest BCUT2D eigenvalue weighted by Gasteiger charge is -2.19. The first-order valence-electron chi connectivity index (χ1n) is 6.76. The molecule has 0 fully saturated rings. The lowest BCUT2D eigenvalue weighted by Crippen LogP contribution is -2.25. The van der Waals surface area contributed by atoms with Gasteiger partial charge in [0.25, 0.3) is 0 Å². The highest BCUT2D eigenvalue weighted by molar-refractivity contribution is 6.01. The molecule has 0 aliphatic rings. The summed E-state index contributed by atoms with van der Waals surface area (Å²) in [5, 5.41) is 0. The van der Waals surface area contributed by atoms with Crippen molar-refractivity contribution >= 4 is 17.8 Å². The molecule has 1 unspecified atom stereocenters. The monoisotopic (exact) mass is 331 g/mol. The van der Waals surface area contributed by atoms with Gasteiger partial charge in [-0.15, -0.1) is 0 Å². The third-order valence-electron chi connectivity index (χ3n) is 2.61. The van der Waals surface area contributed by atoms with E-state index in [1.54, 1.807) is 13.0 Å². The van der Waals surface area contributed by atoms with Gasteiger partial charge in [-0.25, -0.2) is 4.79 Å². The van der Waals surface area contributed by atoms with Gasteiger partial charge in [0, 0.05) is 11.3 Å². The molecule has 1 amide bonds. The Hall–Kier alpha value is -2.38. The Balaban J connectivity index is 2.81. The molecule has 126 valence electrons. The number of carbonyl (C=O) groups excluding carboxylic acids is 2. The fraction of sp³-hybridized carbons (Fsp3) is 0.400. The molecule has 0 heterocycles. The Bertz CT molecular complexity index is 570. The van der Waals surface area contributed by atoms with E-state index in [-0.39, 0.29) is 24.3 Å². The standard InChI is InChI=1S/C15H16F3NO4/c1-3-22-12(20)9-10(2)19-14(21)23-13(15(16,17)18)11-7-5-4-6-8-11/h4-8,13H,3,9H2,1-2H3. The summed E-state index contributed by atoms with van der Waals surface area (Å²) in [6.07, 6.45) is -8.92. The van der Waals surface area contributed by atoms with Gasteiger partial charge in [-0.05, 0) is 13.8 Å². The van der Waals surface area contributed by atoms with Crippen molar-refractivity contribution in [3.8, 4) is 0 Å². The summed E-state index contributed by atoms with van der Waals surface area (Å²) in [6.45, 7) is 3.08. The molecule has 0 saturated carbocycles. The second-order valence-corrected chi connectivity index (χ2v) is 4.54. The first kappa shape index (κ1) is 18.7. The average Bonchev–Trinajstić information content (AvgIpc) is 2.44. The van der Waals surface area contributed by atoms with Gasteiger partial charge in [0.05, 0.1) is 13.0 Å². The molecule has 8 heteroatoms. The fourth-order valence-corrected chi connectivity index (χ4v) is 1.70. The molecule has 0 spiro atoms. The van der Waals surface area contributed by atoms with Crippen molar-refractivity contribution in [1.29, 1.82) is 0 Å². The Morgan fingerprint density at radius 2 is 1.83 bits per heavy atom. The van der Waals surface area contributed by atoms with Gasteiger partial charge < -0.3 is 9.47 Å². The van der Waals surface area contributed by atoms with Crippen LogP contribution in [0, 0.1) is 0 Å². The number of carbonyl (C=O) groups is 2. The highest BCUT2D eigenvalue weighted by atomic mass is 19.4. The zero-order valence-electron chi connectivity index (χ0n) is 12.6. The molecular formula is C15H16F3NO4. The SMILES string of the molecule is CCOC(=O)CC(C)=NC(=O)OC(c1ccccc1)C(F)(F)F. The van der Waals surface area contributed by atoms with E-state index in [0.717, 1.165) is 0 Å². The van der Waals surface area contributed by atoms with Gasteiger partial charge in [0.2, 0.25) is 6.10 Å². The summed E-state index contributed by atoms with van der Waals surface area (Å²) in [4.78, 5) is 26.1. The number of esters is 1. The number of aliphatic imine (C=N–C) groups is 1. The maximum atomic E-state index is 13.0. The number of halogens is 3. The van der Waals surface area contributed by atoms with Crippen molar-refractivity contribution in [3.63, 3.8) is 0 Å². The molecule has 0 saturated heterocycles. The predicted octanol–water partition coefficient (Wildman–Crippen LogP) is 3.84. The quantitative estimate of drug-likeness (QED) is 0.607. The number of ether oxygens (including phenoxy) is 2. The van der Waals surface area contributed by atoms with E-state index in [4.69, 9.17) is 0 Å². The number of amides is 1. The minimum absolute atomic E-state index is 0.00226. The Morgan fingerprint density at radius 1 is 1.22 bits per heavy atom. The molecular weight excluding hydrogens is 315 g/mol. The molecule has 0 radical (unpaired) electrons. The van der Waals surface area contributed by atoms with Gasteiger partial charge in [-0.2, -0.15) is 18.2 Å². The van der Waals surface area contributed by atoms with E-state index < -0.39 is 24.3 Å². The van der Waals surface area contributed by atoms with Crippen LogP contribution in [0.1, 0.15) is 31.9 Å². The summed E-state index contributed by atoms with van der Waals surface area (Å²) >= 11 is 0. The second-order valence-electron chi connectivity index (χ2n) is 4.54. The summed E-state index contributed by atoms with van der Waals surface area (Å²) in [7, 11) is 0. The van der Waals surface area contributed by atoms with Crippen molar-refractivity contribution < 1.29 is 32.2 Å². The Kier molecular flexibility index (Phi) is 6.74. The summed E-state index contributed by atoms with van der Waals surface area (Å²) in [5.41, 5.74) is -0.214. The van der Waals surface area contributed by atoms with Crippen LogP contribution in [0.3, 0.4) is 0 Å². The van der Waals surface area contributed by atoms with Gasteiger partial charge in [0.15, 0.2) is 0 Å². The van der Waals surface area contributed by atoms with Crippen molar-refractivity contribution in [2.45, 2.75) is 32.5 Å². The number of rotatable bonds is 5. The van der Waals surface area contributed by atoms with Crippen molar-refractivity contribution in [1.82, 2.24) is 0 Å². The van der Waals surface area contributed by atoms with Crippen LogP contribution < -0.4 is 0 Å². The fourth-order valence-electron chi connectivity index (χ4n) is 1.70. The van der Waals surface area contributed by atoms with Gasteiger partial charge in [0.1, 0.15) is 0 Å². The van der Waals surface area contributed by atoms with Crippen LogP contribution in [0.5, 0.6) is 0 Å². The minimum Gasteiger partial charge on any atom is -0.466 e. The van der Waals surface area contributed by atoms with E-state index in [1.165, 1.54) is 31.2 Å². The normalized spacial score (nSPS) is 13.3. The van der Waals surface area contributed by atoms with Gasteiger partial charge in [-0.3, -0.25) is 4.79 Å². The van der Waals surface area contributed by atoms with E-state index in [0.29, 0.717) is 0 Å². The average molecular weight is 331 g/mol. The maximum Gasteiger partial charge on any atom is 0.434 e. The smallest absolute Gasteiger partial charge is 0.434 e. The number of nitrogens with zero attached hydrogens (tertiary/aromatic N) is 1. The molecule has 1 aromatic rings. The highest BCUT2D eigenvalue weighted by Gasteiger charge is 2.44. The van der Waals surface area contributed by atoms with E-state index >= 15 is 0 Å². The first-order valence-corrected chi connectivity index (χ1v) is 6.76. The summed E-state index contributed by atoms with van der Waals surface area (Å²) < 4.78 is 48.1. The third kappa shape index (κ3) is 6.50. The first-order chi connectivity index (χ1) is 10.7. The molecule has 23 heavy (non-hydrogen) atoms. The molecule has 0 aromatic heterocycles. The lowest BCUT2D eigenvalue weighted by atomic mass is 10.1. The number of benzene rings is 1. The van der Waals surface area contributed by atoms with Gasteiger partial charge >= 0.3 is 18.2 Å². The molecule has 1 atom stereocenters. The highest BCUT2D eigenvalue weighted by Crippen LogP contribution is 2.35. The number of hydrogen-bond donors (Lipinski definition) is 0. The van der Waals surface area contributed by atoms with Gasteiger partial charge in [-0.1, -0.05) is 30.3 Å². The van der Waals surface area contributed by atoms with Crippen molar-refractivity contribution in [3.05, 3.63) is 35.9 Å². The lowest BCUT2D eigenvalue weighted by molar-refractivity contribution is -0.205. The van der Waals surface area contributed by atoms with Crippen molar-refractivity contribution in [2.75, 3.05) is 6.61 Å². The second kappa shape index (κ2) is 8.30. The van der Waals surface area contributed by atoms with Crippen LogP contribution in [-0.4, -0.2) is 30.6 Å². The van der Waals surface area contributed by atoms with Crippen LogP contribution in [0.25, 0.3) is 0 Å². The largest absolute Gasteiger partial charge is 0.466 e. The zero-order valence-corrected chi connectivity index (χ0v) is 12.6. The van der Waals surface area contributed by atoms with Crippen molar-refractivity contribution in [2.24, 2.45) is 4.99 Å². The molecule has 5 nitrogen and oxygen atoms in total. The van der Waals surface area contributed by atoms with Crippen LogP contribution in [0.2, 0.25) is 0 Å². The molecule has 0 N–H and O–H groups in total. The predicted molar refractivity (Wildman–Crippen MR) is 76.1 cm³/mol. The minimum atomic E-state index is -4.78. The molecule has 0 aliphatic carbocycles. The zero-order chi connectivity index (χ0) is 17.5. The van der Waals surface area contributed by atoms with E-state index in [2.05, 4.69) is 14.5 Å². The summed E-state index contributed by atoms with van der Waals surface area (Å²) in [5.74, 6) is -0.628. The molecule has 0 aliphatic heterocycles. The summed E-state index contributed by atoms with van der Waals surface area (Å²) in [6, 6.07) is 6.73. The van der Waals surface area contributed by atoms with Crippen LogP contribution in [0.15, 0.2) is 35.3 Å². The van der Waals surface area contributed by atoms with Crippen LogP contribution >= 0.6 is 0 Å². The number of alkyl halides is 3. The molecule has 1 rings (SSSR count). The maximum absolute atomic E-state index is 13.0.